The minimum absolute atomic E-state index is 0.0685. The second-order valence-electron chi connectivity index (χ2n) is 4.16. The van der Waals surface area contributed by atoms with Crippen LogP contribution in [0, 0.1) is 11.6 Å². The number of hydrogen-bond acceptors (Lipinski definition) is 3. The molecule has 2 rings (SSSR count). The summed E-state index contributed by atoms with van der Waals surface area (Å²) >= 11 is 7.11. The van der Waals surface area contributed by atoms with Crippen molar-refractivity contribution < 1.29 is 13.6 Å². The standard InChI is InChI=1S/C14H11ClF2N2OS/c1-8(21-14-10(15)3-2-6-18-14)13(20)19-12-5-4-9(16)7-11(12)17/h2-8H,1H3,(H,19,20). The van der Waals surface area contributed by atoms with E-state index in [2.05, 4.69) is 10.3 Å². The highest BCUT2D eigenvalue weighted by molar-refractivity contribution is 8.00. The van der Waals surface area contributed by atoms with E-state index in [-0.39, 0.29) is 5.69 Å². The molecule has 1 unspecified atom stereocenters. The predicted molar refractivity (Wildman–Crippen MR) is 79.6 cm³/mol. The Balaban J connectivity index is 2.04. The largest absolute Gasteiger partial charge is 0.323 e. The molecule has 1 heterocycles. The van der Waals surface area contributed by atoms with Gasteiger partial charge < -0.3 is 5.32 Å². The van der Waals surface area contributed by atoms with Crippen molar-refractivity contribution in [3.8, 4) is 0 Å². The van der Waals surface area contributed by atoms with Crippen LogP contribution in [0.15, 0.2) is 41.6 Å². The summed E-state index contributed by atoms with van der Waals surface area (Å²) in [4.78, 5) is 16.1. The first kappa shape index (κ1) is 15.7. The lowest BCUT2D eigenvalue weighted by Gasteiger charge is -2.12. The van der Waals surface area contributed by atoms with Crippen LogP contribution in [-0.4, -0.2) is 16.1 Å². The molecule has 0 aliphatic heterocycles. The highest BCUT2D eigenvalue weighted by Crippen LogP contribution is 2.28. The van der Waals surface area contributed by atoms with E-state index in [4.69, 9.17) is 11.6 Å². The maximum atomic E-state index is 13.5. The molecule has 0 spiro atoms. The summed E-state index contributed by atoms with van der Waals surface area (Å²) in [6.45, 7) is 1.65. The molecule has 0 aliphatic carbocycles. The number of carbonyl (C=O) groups excluding carboxylic acids is 1. The monoisotopic (exact) mass is 328 g/mol. The fourth-order valence-corrected chi connectivity index (χ4v) is 2.56. The van der Waals surface area contributed by atoms with Crippen LogP contribution in [-0.2, 0) is 4.79 Å². The van der Waals surface area contributed by atoms with Crippen molar-refractivity contribution in [3.63, 3.8) is 0 Å². The summed E-state index contributed by atoms with van der Waals surface area (Å²) in [6, 6.07) is 6.31. The number of anilines is 1. The fraction of sp³-hybridized carbons (Fsp3) is 0.143. The van der Waals surface area contributed by atoms with Crippen molar-refractivity contribution in [1.29, 1.82) is 0 Å². The Bertz CT molecular complexity index is 669. The van der Waals surface area contributed by atoms with Gasteiger partial charge in [0.25, 0.3) is 0 Å². The van der Waals surface area contributed by atoms with Gasteiger partial charge in [0.1, 0.15) is 16.7 Å². The molecule has 2 aromatic rings. The number of pyridine rings is 1. The van der Waals surface area contributed by atoms with Crippen LogP contribution >= 0.6 is 23.4 Å². The lowest BCUT2D eigenvalue weighted by Crippen LogP contribution is -2.23. The Labute approximate surface area is 129 Å². The van der Waals surface area contributed by atoms with Crippen molar-refractivity contribution in [2.24, 2.45) is 0 Å². The van der Waals surface area contributed by atoms with Crippen molar-refractivity contribution in [2.75, 3.05) is 5.32 Å². The van der Waals surface area contributed by atoms with Gasteiger partial charge in [-0.3, -0.25) is 4.79 Å². The molecular formula is C14H11ClF2N2OS. The lowest BCUT2D eigenvalue weighted by molar-refractivity contribution is -0.115. The van der Waals surface area contributed by atoms with Crippen LogP contribution < -0.4 is 5.32 Å². The first-order chi connectivity index (χ1) is 9.97. The quantitative estimate of drug-likeness (QED) is 0.858. The van der Waals surface area contributed by atoms with Crippen molar-refractivity contribution in [2.45, 2.75) is 17.2 Å². The predicted octanol–water partition coefficient (Wildman–Crippen LogP) is 4.13. The number of halogens is 3. The Hall–Kier alpha value is -1.66. The van der Waals surface area contributed by atoms with E-state index in [1.807, 2.05) is 0 Å². The van der Waals surface area contributed by atoms with E-state index in [1.54, 1.807) is 25.3 Å². The van der Waals surface area contributed by atoms with Gasteiger partial charge in [-0.1, -0.05) is 23.4 Å². The molecule has 7 heteroatoms. The van der Waals surface area contributed by atoms with Crippen LogP contribution in [0.5, 0.6) is 0 Å². The van der Waals surface area contributed by atoms with Gasteiger partial charge in [-0.05, 0) is 31.2 Å². The second kappa shape index (κ2) is 6.87. The van der Waals surface area contributed by atoms with Crippen molar-refractivity contribution in [1.82, 2.24) is 4.98 Å². The van der Waals surface area contributed by atoms with E-state index in [0.717, 1.165) is 17.8 Å². The summed E-state index contributed by atoms with van der Waals surface area (Å²) < 4.78 is 26.3. The molecule has 0 radical (unpaired) electrons. The number of thioether (sulfide) groups is 1. The second-order valence-corrected chi connectivity index (χ2v) is 5.90. The third-order valence-electron chi connectivity index (χ3n) is 2.57. The van der Waals surface area contributed by atoms with E-state index in [1.165, 1.54) is 6.07 Å². The Morgan fingerprint density at radius 1 is 1.38 bits per heavy atom. The molecule has 1 amide bonds. The summed E-state index contributed by atoms with van der Waals surface area (Å²) in [5.74, 6) is -1.95. The summed E-state index contributed by atoms with van der Waals surface area (Å²) in [5.41, 5.74) is -0.0685. The van der Waals surface area contributed by atoms with Gasteiger partial charge in [0.15, 0.2) is 0 Å². The number of aromatic nitrogens is 1. The number of rotatable bonds is 4. The van der Waals surface area contributed by atoms with Gasteiger partial charge in [0, 0.05) is 12.3 Å². The molecular weight excluding hydrogens is 318 g/mol. The van der Waals surface area contributed by atoms with Crippen LogP contribution in [0.1, 0.15) is 6.92 Å². The highest BCUT2D eigenvalue weighted by atomic mass is 35.5. The average molecular weight is 329 g/mol. The van der Waals surface area contributed by atoms with E-state index in [9.17, 15) is 13.6 Å². The third-order valence-corrected chi connectivity index (χ3v) is 4.10. The van der Waals surface area contributed by atoms with Crippen molar-refractivity contribution >= 4 is 35.0 Å². The molecule has 110 valence electrons. The van der Waals surface area contributed by atoms with Gasteiger partial charge in [-0.25, -0.2) is 13.8 Å². The molecule has 0 fully saturated rings. The Morgan fingerprint density at radius 2 is 2.14 bits per heavy atom. The van der Waals surface area contributed by atoms with Gasteiger partial charge in [-0.15, -0.1) is 0 Å². The molecule has 1 atom stereocenters. The lowest BCUT2D eigenvalue weighted by atomic mass is 10.3. The molecule has 0 aliphatic rings. The molecule has 1 aromatic heterocycles. The highest BCUT2D eigenvalue weighted by Gasteiger charge is 2.18. The fourth-order valence-electron chi connectivity index (χ4n) is 1.50. The first-order valence-corrected chi connectivity index (χ1v) is 7.26. The van der Waals surface area contributed by atoms with Gasteiger partial charge in [-0.2, -0.15) is 0 Å². The third kappa shape index (κ3) is 4.15. The van der Waals surface area contributed by atoms with E-state index in [0.29, 0.717) is 16.1 Å². The minimum Gasteiger partial charge on any atom is -0.323 e. The van der Waals surface area contributed by atoms with Gasteiger partial charge >= 0.3 is 0 Å². The zero-order chi connectivity index (χ0) is 15.4. The number of nitrogens with zero attached hydrogens (tertiary/aromatic N) is 1. The smallest absolute Gasteiger partial charge is 0.237 e. The van der Waals surface area contributed by atoms with Crippen molar-refractivity contribution in [3.05, 3.63) is 53.2 Å². The molecule has 1 N–H and O–H groups in total. The average Bonchev–Trinajstić information content (AvgIpc) is 2.44. The molecule has 21 heavy (non-hydrogen) atoms. The summed E-state index contributed by atoms with van der Waals surface area (Å²) in [5, 5.41) is 2.82. The van der Waals surface area contributed by atoms with E-state index < -0.39 is 22.8 Å². The van der Waals surface area contributed by atoms with Crippen LogP contribution in [0.4, 0.5) is 14.5 Å². The minimum atomic E-state index is -0.823. The Morgan fingerprint density at radius 3 is 2.81 bits per heavy atom. The Kier molecular flexibility index (Phi) is 5.14. The number of amides is 1. The zero-order valence-electron chi connectivity index (χ0n) is 10.9. The maximum absolute atomic E-state index is 13.5. The molecule has 1 aromatic carbocycles. The number of benzene rings is 1. The topological polar surface area (TPSA) is 42.0 Å². The first-order valence-electron chi connectivity index (χ1n) is 6.00. The molecule has 0 bridgehead atoms. The normalized spacial score (nSPS) is 12.0. The molecule has 3 nitrogen and oxygen atoms in total. The van der Waals surface area contributed by atoms with Crippen LogP contribution in [0.2, 0.25) is 5.02 Å². The van der Waals surface area contributed by atoms with Crippen LogP contribution in [0.25, 0.3) is 0 Å². The summed E-state index contributed by atoms with van der Waals surface area (Å²) in [6.07, 6.45) is 1.57. The van der Waals surface area contributed by atoms with Gasteiger partial charge in [0.2, 0.25) is 5.91 Å². The van der Waals surface area contributed by atoms with Crippen LogP contribution in [0.3, 0.4) is 0 Å². The maximum Gasteiger partial charge on any atom is 0.237 e. The number of carbonyl (C=O) groups is 1. The summed E-state index contributed by atoms with van der Waals surface area (Å²) in [7, 11) is 0. The SMILES string of the molecule is CC(Sc1ncccc1Cl)C(=O)Nc1ccc(F)cc1F. The number of hydrogen-bond donors (Lipinski definition) is 1. The number of nitrogens with one attached hydrogen (secondary N) is 1. The van der Waals surface area contributed by atoms with Gasteiger partial charge in [0.05, 0.1) is 16.0 Å². The van der Waals surface area contributed by atoms with E-state index >= 15 is 0 Å². The molecule has 0 saturated carbocycles. The zero-order valence-corrected chi connectivity index (χ0v) is 12.5. The molecule has 0 saturated heterocycles.